The fourth-order valence-corrected chi connectivity index (χ4v) is 2.10. The van der Waals surface area contributed by atoms with E-state index in [0.717, 1.165) is 43.6 Å². The van der Waals surface area contributed by atoms with Crippen molar-refractivity contribution in [2.75, 3.05) is 5.73 Å². The van der Waals surface area contributed by atoms with E-state index in [1.807, 2.05) is 6.07 Å². The van der Waals surface area contributed by atoms with Crippen LogP contribution in [0, 0.1) is 11.3 Å². The van der Waals surface area contributed by atoms with Gasteiger partial charge in [0.15, 0.2) is 0 Å². The topological polar surface area (TPSA) is 54.7 Å². The van der Waals surface area contributed by atoms with Gasteiger partial charge in [0.2, 0.25) is 0 Å². The minimum absolute atomic E-state index is 0.711. The van der Waals surface area contributed by atoms with Crippen LogP contribution in [0.1, 0.15) is 57.3 Å². The summed E-state index contributed by atoms with van der Waals surface area (Å²) in [5.74, 6) is 0. The summed E-state index contributed by atoms with van der Waals surface area (Å²) in [4.78, 5) is 0. The molecule has 0 amide bonds. The molecule has 0 radical (unpaired) electrons. The normalized spacial score (nSPS) is 10.4. The Morgan fingerprint density at radius 1 is 1.24 bits per heavy atom. The highest BCUT2D eigenvalue weighted by Crippen LogP contribution is 2.21. The van der Waals surface area contributed by atoms with Gasteiger partial charge in [-0.2, -0.15) is 5.26 Å². The SMILES string of the molecule is CCCCCc1c(N)cc(C#N)n1CCCC. The Hall–Kier alpha value is -1.43. The highest BCUT2D eigenvalue weighted by atomic mass is 15.0. The molecule has 1 aromatic rings. The first-order chi connectivity index (χ1) is 8.24. The second-order valence-corrected chi connectivity index (χ2v) is 4.51. The van der Waals surface area contributed by atoms with Crippen molar-refractivity contribution in [2.45, 2.75) is 58.9 Å². The Morgan fingerprint density at radius 3 is 2.53 bits per heavy atom. The Morgan fingerprint density at radius 2 is 1.94 bits per heavy atom. The molecule has 0 aliphatic carbocycles. The minimum atomic E-state index is 0.711. The number of rotatable bonds is 7. The Balaban J connectivity index is 2.84. The highest BCUT2D eigenvalue weighted by Gasteiger charge is 2.11. The number of nitrogens with zero attached hydrogens (tertiary/aromatic N) is 2. The number of anilines is 1. The first-order valence-electron chi connectivity index (χ1n) is 6.62. The van der Waals surface area contributed by atoms with E-state index in [4.69, 9.17) is 11.0 Å². The van der Waals surface area contributed by atoms with E-state index >= 15 is 0 Å². The van der Waals surface area contributed by atoms with Gasteiger partial charge in [0, 0.05) is 12.2 Å². The van der Waals surface area contributed by atoms with Gasteiger partial charge < -0.3 is 10.3 Å². The maximum atomic E-state index is 9.10. The van der Waals surface area contributed by atoms with E-state index < -0.39 is 0 Å². The summed E-state index contributed by atoms with van der Waals surface area (Å²) < 4.78 is 2.11. The van der Waals surface area contributed by atoms with Crippen LogP contribution in [-0.4, -0.2) is 4.57 Å². The van der Waals surface area contributed by atoms with Crippen LogP contribution in [0.4, 0.5) is 5.69 Å². The minimum Gasteiger partial charge on any atom is -0.397 e. The van der Waals surface area contributed by atoms with Crippen molar-refractivity contribution in [3.05, 3.63) is 17.5 Å². The van der Waals surface area contributed by atoms with E-state index in [9.17, 15) is 0 Å². The zero-order chi connectivity index (χ0) is 12.7. The standard InChI is InChI=1S/C14H23N3/c1-3-5-7-8-14-13(16)10-12(11-15)17(14)9-6-4-2/h10H,3-9,16H2,1-2H3. The molecule has 0 atom stereocenters. The first kappa shape index (κ1) is 13.6. The van der Waals surface area contributed by atoms with Gasteiger partial charge in [0.1, 0.15) is 11.8 Å². The van der Waals surface area contributed by atoms with Gasteiger partial charge in [-0.15, -0.1) is 0 Å². The molecule has 0 saturated heterocycles. The maximum Gasteiger partial charge on any atom is 0.122 e. The number of hydrogen-bond acceptors (Lipinski definition) is 2. The molecule has 94 valence electrons. The molecule has 0 spiro atoms. The Kier molecular flexibility index (Phi) is 5.62. The fourth-order valence-electron chi connectivity index (χ4n) is 2.10. The Bertz CT molecular complexity index is 385. The molecule has 0 fully saturated rings. The van der Waals surface area contributed by atoms with Gasteiger partial charge in [-0.25, -0.2) is 0 Å². The molecule has 1 aromatic heterocycles. The van der Waals surface area contributed by atoms with E-state index in [1.54, 1.807) is 0 Å². The van der Waals surface area contributed by atoms with Crippen LogP contribution in [0.15, 0.2) is 6.07 Å². The first-order valence-corrected chi connectivity index (χ1v) is 6.62. The average molecular weight is 233 g/mol. The molecule has 0 aliphatic heterocycles. The molecule has 3 nitrogen and oxygen atoms in total. The molecule has 3 heteroatoms. The molecule has 2 N–H and O–H groups in total. The van der Waals surface area contributed by atoms with Crippen molar-refractivity contribution < 1.29 is 0 Å². The van der Waals surface area contributed by atoms with Crippen LogP contribution in [0.2, 0.25) is 0 Å². The lowest BCUT2D eigenvalue weighted by molar-refractivity contribution is 0.591. The number of hydrogen-bond donors (Lipinski definition) is 1. The van der Waals surface area contributed by atoms with Gasteiger partial charge in [-0.1, -0.05) is 33.1 Å². The van der Waals surface area contributed by atoms with Crippen LogP contribution < -0.4 is 5.73 Å². The van der Waals surface area contributed by atoms with Crippen molar-refractivity contribution >= 4 is 5.69 Å². The van der Waals surface area contributed by atoms with Crippen molar-refractivity contribution in [3.63, 3.8) is 0 Å². The van der Waals surface area contributed by atoms with Gasteiger partial charge >= 0.3 is 0 Å². The molecule has 0 saturated carbocycles. The summed E-state index contributed by atoms with van der Waals surface area (Å²) in [6.45, 7) is 5.27. The zero-order valence-electron chi connectivity index (χ0n) is 11.0. The van der Waals surface area contributed by atoms with Gasteiger partial charge in [0.25, 0.3) is 0 Å². The third kappa shape index (κ3) is 3.52. The summed E-state index contributed by atoms with van der Waals surface area (Å²) in [6, 6.07) is 4.06. The summed E-state index contributed by atoms with van der Waals surface area (Å²) in [5.41, 5.74) is 8.65. The predicted molar refractivity (Wildman–Crippen MR) is 71.7 cm³/mol. The number of nitrogens with two attached hydrogens (primary N) is 1. The van der Waals surface area contributed by atoms with Gasteiger partial charge in [-0.3, -0.25) is 0 Å². The Labute approximate surface area is 104 Å². The number of nitrogen functional groups attached to an aromatic ring is 1. The van der Waals surface area contributed by atoms with Gasteiger partial charge in [-0.05, 0) is 25.3 Å². The average Bonchev–Trinajstić information content (AvgIpc) is 2.63. The maximum absolute atomic E-state index is 9.10. The molecule has 1 heterocycles. The van der Waals surface area contributed by atoms with Crippen molar-refractivity contribution in [1.82, 2.24) is 4.57 Å². The number of nitriles is 1. The van der Waals surface area contributed by atoms with E-state index in [0.29, 0.717) is 5.69 Å². The second kappa shape index (κ2) is 7.01. The molecule has 0 unspecified atom stereocenters. The molecular formula is C14H23N3. The number of unbranched alkanes of at least 4 members (excludes halogenated alkanes) is 3. The van der Waals surface area contributed by atoms with Crippen LogP contribution in [-0.2, 0) is 13.0 Å². The summed E-state index contributed by atoms with van der Waals surface area (Å²) in [6.07, 6.45) is 6.81. The van der Waals surface area contributed by atoms with Crippen LogP contribution >= 0.6 is 0 Å². The third-order valence-corrected chi connectivity index (χ3v) is 3.11. The molecule has 0 bridgehead atoms. The molecule has 1 rings (SSSR count). The lowest BCUT2D eigenvalue weighted by atomic mass is 10.1. The molecule has 17 heavy (non-hydrogen) atoms. The summed E-state index contributed by atoms with van der Waals surface area (Å²) in [5, 5.41) is 9.10. The fraction of sp³-hybridized carbons (Fsp3) is 0.643. The molecule has 0 aromatic carbocycles. The predicted octanol–water partition coefficient (Wildman–Crippen LogP) is 3.47. The largest absolute Gasteiger partial charge is 0.397 e. The lowest BCUT2D eigenvalue weighted by Crippen LogP contribution is -2.07. The van der Waals surface area contributed by atoms with E-state index in [1.165, 1.54) is 12.8 Å². The van der Waals surface area contributed by atoms with Crippen LogP contribution in [0.3, 0.4) is 0 Å². The summed E-state index contributed by atoms with van der Waals surface area (Å²) >= 11 is 0. The zero-order valence-corrected chi connectivity index (χ0v) is 11.0. The van der Waals surface area contributed by atoms with Crippen molar-refractivity contribution in [2.24, 2.45) is 0 Å². The second-order valence-electron chi connectivity index (χ2n) is 4.51. The van der Waals surface area contributed by atoms with Crippen LogP contribution in [0.5, 0.6) is 0 Å². The third-order valence-electron chi connectivity index (χ3n) is 3.11. The lowest BCUT2D eigenvalue weighted by Gasteiger charge is -2.10. The number of aromatic nitrogens is 1. The van der Waals surface area contributed by atoms with Crippen LogP contribution in [0.25, 0.3) is 0 Å². The van der Waals surface area contributed by atoms with E-state index in [-0.39, 0.29) is 0 Å². The molecular weight excluding hydrogens is 210 g/mol. The van der Waals surface area contributed by atoms with Crippen molar-refractivity contribution in [3.8, 4) is 6.07 Å². The monoisotopic (exact) mass is 233 g/mol. The molecule has 0 aliphatic rings. The summed E-state index contributed by atoms with van der Waals surface area (Å²) in [7, 11) is 0. The smallest absolute Gasteiger partial charge is 0.122 e. The highest BCUT2D eigenvalue weighted by molar-refractivity contribution is 5.50. The van der Waals surface area contributed by atoms with Crippen molar-refractivity contribution in [1.29, 1.82) is 5.26 Å². The van der Waals surface area contributed by atoms with E-state index in [2.05, 4.69) is 24.5 Å². The quantitative estimate of drug-likeness (QED) is 0.733. The van der Waals surface area contributed by atoms with Gasteiger partial charge in [0.05, 0.1) is 5.69 Å².